The van der Waals surface area contributed by atoms with Gasteiger partial charge in [0.05, 0.1) is 16.2 Å². The molecule has 4 heteroatoms. The van der Waals surface area contributed by atoms with Gasteiger partial charge in [0, 0.05) is 22.5 Å². The number of hydrogen-bond donors (Lipinski definition) is 2. The highest BCUT2D eigenvalue weighted by Gasteiger charge is 2.09. The van der Waals surface area contributed by atoms with Crippen LogP contribution in [0.2, 0.25) is 0 Å². The van der Waals surface area contributed by atoms with E-state index in [4.69, 9.17) is 0 Å². The normalized spacial score (nSPS) is 11.3. The van der Waals surface area contributed by atoms with E-state index in [9.17, 15) is 5.11 Å². The SMILES string of the molecule is Oc1ccc2[nH]c3cnccc3c2c1Br. The fourth-order valence-corrected chi connectivity index (χ4v) is 2.35. The highest BCUT2D eigenvalue weighted by molar-refractivity contribution is 9.10. The summed E-state index contributed by atoms with van der Waals surface area (Å²) in [5.41, 5.74) is 1.96. The predicted molar refractivity (Wildman–Crippen MR) is 63.0 cm³/mol. The molecule has 0 aliphatic rings. The molecule has 0 amide bonds. The molecule has 0 saturated heterocycles. The molecule has 0 unspecified atom stereocenters. The summed E-state index contributed by atoms with van der Waals surface area (Å²) in [6.45, 7) is 0. The van der Waals surface area contributed by atoms with Crippen LogP contribution in [0.25, 0.3) is 21.8 Å². The van der Waals surface area contributed by atoms with Crippen LogP contribution in [0.4, 0.5) is 0 Å². The first-order chi connectivity index (χ1) is 7.27. The van der Waals surface area contributed by atoms with Crippen molar-refractivity contribution in [1.82, 2.24) is 9.97 Å². The van der Waals surface area contributed by atoms with E-state index in [1.54, 1.807) is 18.5 Å². The number of aromatic amines is 1. The number of nitrogens with one attached hydrogen (secondary N) is 1. The van der Waals surface area contributed by atoms with Gasteiger partial charge in [0.1, 0.15) is 5.75 Å². The number of rotatable bonds is 0. The first-order valence-corrected chi connectivity index (χ1v) is 5.29. The topological polar surface area (TPSA) is 48.9 Å². The third-order valence-electron chi connectivity index (χ3n) is 2.48. The molecule has 0 bridgehead atoms. The van der Waals surface area contributed by atoms with Gasteiger partial charge in [0.25, 0.3) is 0 Å². The Morgan fingerprint density at radius 2 is 2.07 bits per heavy atom. The van der Waals surface area contributed by atoms with E-state index >= 15 is 0 Å². The zero-order valence-electron chi connectivity index (χ0n) is 7.66. The van der Waals surface area contributed by atoms with Crippen LogP contribution in [0.1, 0.15) is 0 Å². The van der Waals surface area contributed by atoms with Crippen molar-refractivity contribution in [2.75, 3.05) is 0 Å². The highest BCUT2D eigenvalue weighted by Crippen LogP contribution is 2.36. The van der Waals surface area contributed by atoms with Gasteiger partial charge in [-0.3, -0.25) is 4.98 Å². The lowest BCUT2D eigenvalue weighted by Crippen LogP contribution is -1.72. The van der Waals surface area contributed by atoms with E-state index in [2.05, 4.69) is 25.9 Å². The molecule has 0 spiro atoms. The molecule has 0 aliphatic heterocycles. The van der Waals surface area contributed by atoms with Crippen LogP contribution < -0.4 is 0 Å². The van der Waals surface area contributed by atoms with E-state index in [-0.39, 0.29) is 5.75 Å². The van der Waals surface area contributed by atoms with Gasteiger partial charge in [-0.25, -0.2) is 0 Å². The van der Waals surface area contributed by atoms with Crippen LogP contribution in [0.3, 0.4) is 0 Å². The molecule has 0 fully saturated rings. The quantitative estimate of drug-likeness (QED) is 0.654. The van der Waals surface area contributed by atoms with Crippen LogP contribution in [-0.2, 0) is 0 Å². The zero-order valence-corrected chi connectivity index (χ0v) is 9.25. The van der Waals surface area contributed by atoms with Gasteiger partial charge in [-0.05, 0) is 34.1 Å². The number of phenolic OH excluding ortho intramolecular Hbond substituents is 1. The minimum absolute atomic E-state index is 0.250. The Morgan fingerprint density at radius 1 is 1.20 bits per heavy atom. The number of phenols is 1. The van der Waals surface area contributed by atoms with Crippen LogP contribution in [0.15, 0.2) is 35.1 Å². The summed E-state index contributed by atoms with van der Waals surface area (Å²) in [6, 6.07) is 5.45. The van der Waals surface area contributed by atoms with Gasteiger partial charge in [0.15, 0.2) is 0 Å². The van der Waals surface area contributed by atoms with Crippen LogP contribution in [0.5, 0.6) is 5.75 Å². The van der Waals surface area contributed by atoms with E-state index in [1.165, 1.54) is 0 Å². The summed E-state index contributed by atoms with van der Waals surface area (Å²) in [4.78, 5) is 7.29. The van der Waals surface area contributed by atoms with Gasteiger partial charge < -0.3 is 10.1 Å². The average Bonchev–Trinajstić information content (AvgIpc) is 2.62. The van der Waals surface area contributed by atoms with Crippen LogP contribution in [-0.4, -0.2) is 15.1 Å². The molecule has 15 heavy (non-hydrogen) atoms. The summed E-state index contributed by atoms with van der Waals surface area (Å²) < 4.78 is 0.720. The third-order valence-corrected chi connectivity index (χ3v) is 3.28. The number of aromatic nitrogens is 2. The maximum absolute atomic E-state index is 9.62. The molecule has 3 rings (SSSR count). The maximum atomic E-state index is 9.62. The first kappa shape index (κ1) is 8.73. The number of H-pyrrole nitrogens is 1. The number of nitrogens with zero attached hydrogens (tertiary/aromatic N) is 1. The van der Waals surface area contributed by atoms with Crippen molar-refractivity contribution >= 4 is 37.7 Å². The molecule has 0 saturated carbocycles. The fraction of sp³-hybridized carbons (Fsp3) is 0. The number of hydrogen-bond acceptors (Lipinski definition) is 2. The maximum Gasteiger partial charge on any atom is 0.130 e. The number of benzene rings is 1. The number of aromatic hydroxyl groups is 1. The Morgan fingerprint density at radius 3 is 2.93 bits per heavy atom. The molecular weight excluding hydrogens is 256 g/mol. The van der Waals surface area contributed by atoms with Gasteiger partial charge in [-0.15, -0.1) is 0 Å². The molecule has 3 nitrogen and oxygen atoms in total. The summed E-state index contributed by atoms with van der Waals surface area (Å²) in [7, 11) is 0. The molecule has 3 aromatic rings. The Labute approximate surface area is 93.9 Å². The Balaban J connectivity index is 2.63. The molecule has 0 aliphatic carbocycles. The Bertz CT molecular complexity index is 660. The second-order valence-electron chi connectivity index (χ2n) is 3.37. The monoisotopic (exact) mass is 262 g/mol. The van der Waals surface area contributed by atoms with Gasteiger partial charge in [-0.2, -0.15) is 0 Å². The van der Waals surface area contributed by atoms with Gasteiger partial charge >= 0.3 is 0 Å². The van der Waals surface area contributed by atoms with E-state index < -0.39 is 0 Å². The van der Waals surface area contributed by atoms with Crippen molar-refractivity contribution in [3.63, 3.8) is 0 Å². The summed E-state index contributed by atoms with van der Waals surface area (Å²) in [6.07, 6.45) is 3.52. The smallest absolute Gasteiger partial charge is 0.130 e. The predicted octanol–water partition coefficient (Wildman–Crippen LogP) is 3.18. The molecule has 1 aromatic carbocycles. The lowest BCUT2D eigenvalue weighted by atomic mass is 10.2. The van der Waals surface area contributed by atoms with Crippen LogP contribution >= 0.6 is 15.9 Å². The summed E-state index contributed by atoms with van der Waals surface area (Å²) in [5, 5.41) is 11.7. The molecule has 74 valence electrons. The lowest BCUT2D eigenvalue weighted by molar-refractivity contribution is 0.473. The van der Waals surface area contributed by atoms with Crippen molar-refractivity contribution in [3.05, 3.63) is 35.1 Å². The number of pyridine rings is 1. The second kappa shape index (κ2) is 2.97. The summed E-state index contributed by atoms with van der Waals surface area (Å²) in [5.74, 6) is 0.250. The van der Waals surface area contributed by atoms with E-state index in [0.29, 0.717) is 0 Å². The van der Waals surface area contributed by atoms with Crippen molar-refractivity contribution in [1.29, 1.82) is 0 Å². The number of fused-ring (bicyclic) bond motifs is 3. The second-order valence-corrected chi connectivity index (χ2v) is 4.16. The minimum atomic E-state index is 0.250. The lowest BCUT2D eigenvalue weighted by Gasteiger charge is -1.98. The molecule has 0 atom stereocenters. The van der Waals surface area contributed by atoms with E-state index in [0.717, 1.165) is 26.3 Å². The highest BCUT2D eigenvalue weighted by atomic mass is 79.9. The van der Waals surface area contributed by atoms with E-state index in [1.807, 2.05) is 12.1 Å². The Kier molecular flexibility index (Phi) is 1.73. The average molecular weight is 263 g/mol. The molecule has 2 N–H and O–H groups in total. The third kappa shape index (κ3) is 1.15. The molecule has 2 aromatic heterocycles. The first-order valence-electron chi connectivity index (χ1n) is 4.50. The molecule has 2 heterocycles. The standard InChI is InChI=1S/C11H7BrN2O/c12-11-9(15)2-1-7-10(11)6-3-4-13-5-8(6)14-7/h1-5,14-15H. The van der Waals surface area contributed by atoms with Crippen molar-refractivity contribution in [2.45, 2.75) is 0 Å². The molecular formula is C11H7BrN2O. The van der Waals surface area contributed by atoms with Crippen molar-refractivity contribution in [3.8, 4) is 5.75 Å². The van der Waals surface area contributed by atoms with Crippen molar-refractivity contribution < 1.29 is 5.11 Å². The Hall–Kier alpha value is -1.55. The largest absolute Gasteiger partial charge is 0.507 e. The van der Waals surface area contributed by atoms with Crippen LogP contribution in [0, 0.1) is 0 Å². The summed E-state index contributed by atoms with van der Waals surface area (Å²) >= 11 is 3.39. The van der Waals surface area contributed by atoms with Gasteiger partial charge in [-0.1, -0.05) is 0 Å². The fourth-order valence-electron chi connectivity index (χ4n) is 1.79. The van der Waals surface area contributed by atoms with Crippen molar-refractivity contribution in [2.24, 2.45) is 0 Å². The molecule has 0 radical (unpaired) electrons. The van der Waals surface area contributed by atoms with Gasteiger partial charge in [0.2, 0.25) is 0 Å². The zero-order chi connectivity index (χ0) is 10.4. The minimum Gasteiger partial charge on any atom is -0.507 e. The number of halogens is 1.